The number of anilines is 1. The number of hydrogen-bond acceptors (Lipinski definition) is 5. The van der Waals surface area contributed by atoms with Crippen molar-refractivity contribution in [2.45, 2.75) is 71.1 Å². The highest BCUT2D eigenvalue weighted by molar-refractivity contribution is 6.07. The van der Waals surface area contributed by atoms with E-state index in [0.717, 1.165) is 5.56 Å². The van der Waals surface area contributed by atoms with Crippen molar-refractivity contribution in [2.24, 2.45) is 5.92 Å². The number of imide groups is 1. The SMILES string of the molecule is CCN(Cc1ccccc1NC(=O)C1CCC2(CC1)NC(=O)NC2=O)C(=O)OC(C)(C)C. The van der Waals surface area contributed by atoms with Crippen molar-refractivity contribution >= 4 is 29.6 Å². The molecule has 9 nitrogen and oxygen atoms in total. The van der Waals surface area contributed by atoms with Gasteiger partial charge in [-0.15, -0.1) is 0 Å². The lowest BCUT2D eigenvalue weighted by Gasteiger charge is -2.34. The van der Waals surface area contributed by atoms with Crippen LogP contribution in [0.5, 0.6) is 0 Å². The summed E-state index contributed by atoms with van der Waals surface area (Å²) in [7, 11) is 0. The molecular formula is C23H32N4O5. The smallest absolute Gasteiger partial charge is 0.410 e. The summed E-state index contributed by atoms with van der Waals surface area (Å²) in [5, 5.41) is 7.99. The van der Waals surface area contributed by atoms with E-state index in [0.29, 0.717) is 44.5 Å². The average molecular weight is 445 g/mol. The Bertz CT molecular complexity index is 900. The number of amides is 5. The Labute approximate surface area is 188 Å². The topological polar surface area (TPSA) is 117 Å². The van der Waals surface area contributed by atoms with E-state index in [-0.39, 0.29) is 17.7 Å². The average Bonchev–Trinajstić information content (AvgIpc) is 2.98. The Morgan fingerprint density at radius 2 is 1.84 bits per heavy atom. The summed E-state index contributed by atoms with van der Waals surface area (Å²) in [6.07, 6.45) is 1.44. The Hall–Kier alpha value is -3.10. The molecule has 1 aromatic carbocycles. The van der Waals surface area contributed by atoms with Gasteiger partial charge in [0.2, 0.25) is 5.91 Å². The number of nitrogens with one attached hydrogen (secondary N) is 3. The minimum absolute atomic E-state index is 0.127. The summed E-state index contributed by atoms with van der Waals surface area (Å²) < 4.78 is 5.48. The van der Waals surface area contributed by atoms with Crippen molar-refractivity contribution in [3.63, 3.8) is 0 Å². The van der Waals surface area contributed by atoms with E-state index in [4.69, 9.17) is 4.74 Å². The number of hydrogen-bond donors (Lipinski definition) is 3. The Morgan fingerprint density at radius 3 is 2.41 bits per heavy atom. The van der Waals surface area contributed by atoms with Gasteiger partial charge in [0.25, 0.3) is 5.91 Å². The second-order valence-electron chi connectivity index (χ2n) is 9.41. The number of benzene rings is 1. The van der Waals surface area contributed by atoms with Crippen LogP contribution >= 0.6 is 0 Å². The molecule has 9 heteroatoms. The zero-order valence-electron chi connectivity index (χ0n) is 19.1. The maximum atomic E-state index is 12.9. The summed E-state index contributed by atoms with van der Waals surface area (Å²) in [5.74, 6) is -0.696. The summed E-state index contributed by atoms with van der Waals surface area (Å²) in [5.41, 5.74) is -0.0254. The third-order valence-corrected chi connectivity index (χ3v) is 5.89. The molecule has 174 valence electrons. The molecule has 1 spiro atoms. The van der Waals surface area contributed by atoms with Crippen LogP contribution < -0.4 is 16.0 Å². The van der Waals surface area contributed by atoms with Crippen LogP contribution in [0.3, 0.4) is 0 Å². The number of urea groups is 1. The molecule has 0 unspecified atom stereocenters. The van der Waals surface area contributed by atoms with Gasteiger partial charge in [-0.1, -0.05) is 18.2 Å². The predicted octanol–water partition coefficient (Wildman–Crippen LogP) is 3.15. The molecule has 1 aliphatic heterocycles. The normalized spacial score (nSPS) is 22.8. The summed E-state index contributed by atoms with van der Waals surface area (Å²) in [4.78, 5) is 50.6. The van der Waals surface area contributed by atoms with Gasteiger partial charge >= 0.3 is 12.1 Å². The molecule has 2 fully saturated rings. The van der Waals surface area contributed by atoms with E-state index in [9.17, 15) is 19.2 Å². The highest BCUT2D eigenvalue weighted by atomic mass is 16.6. The van der Waals surface area contributed by atoms with Gasteiger partial charge in [0, 0.05) is 18.2 Å². The molecule has 1 saturated heterocycles. The lowest BCUT2D eigenvalue weighted by Crippen LogP contribution is -2.50. The first-order chi connectivity index (χ1) is 15.0. The fourth-order valence-electron chi connectivity index (χ4n) is 4.11. The van der Waals surface area contributed by atoms with Crippen molar-refractivity contribution in [2.75, 3.05) is 11.9 Å². The van der Waals surface area contributed by atoms with E-state index in [1.807, 2.05) is 52.0 Å². The number of ether oxygens (including phenoxy) is 1. The van der Waals surface area contributed by atoms with E-state index in [2.05, 4.69) is 16.0 Å². The third-order valence-electron chi connectivity index (χ3n) is 5.89. The molecule has 32 heavy (non-hydrogen) atoms. The van der Waals surface area contributed by atoms with Crippen LogP contribution in [0.1, 0.15) is 58.9 Å². The van der Waals surface area contributed by atoms with Crippen LogP contribution in [0, 0.1) is 5.92 Å². The monoisotopic (exact) mass is 444 g/mol. The summed E-state index contributed by atoms with van der Waals surface area (Å²) >= 11 is 0. The first-order valence-corrected chi connectivity index (χ1v) is 11.0. The molecule has 0 aromatic heterocycles. The van der Waals surface area contributed by atoms with Crippen molar-refractivity contribution in [3.8, 4) is 0 Å². The summed E-state index contributed by atoms with van der Waals surface area (Å²) in [6.45, 7) is 8.12. The first-order valence-electron chi connectivity index (χ1n) is 11.0. The van der Waals surface area contributed by atoms with Gasteiger partial charge in [-0.05, 0) is 65.0 Å². The second kappa shape index (κ2) is 9.18. The van der Waals surface area contributed by atoms with Gasteiger partial charge < -0.3 is 20.3 Å². The minimum atomic E-state index is -0.888. The highest BCUT2D eigenvalue weighted by Crippen LogP contribution is 2.35. The quantitative estimate of drug-likeness (QED) is 0.603. The highest BCUT2D eigenvalue weighted by Gasteiger charge is 2.48. The van der Waals surface area contributed by atoms with Gasteiger partial charge in [0.15, 0.2) is 0 Å². The zero-order chi connectivity index (χ0) is 23.5. The van der Waals surface area contributed by atoms with Crippen LogP contribution in [-0.4, -0.2) is 46.5 Å². The molecule has 3 N–H and O–H groups in total. The molecular weight excluding hydrogens is 412 g/mol. The van der Waals surface area contributed by atoms with Crippen LogP contribution in [0.15, 0.2) is 24.3 Å². The van der Waals surface area contributed by atoms with Crippen molar-refractivity contribution in [1.82, 2.24) is 15.5 Å². The largest absolute Gasteiger partial charge is 0.444 e. The number of carbonyl (C=O) groups excluding carboxylic acids is 4. The number of carbonyl (C=O) groups is 4. The Balaban J connectivity index is 1.63. The minimum Gasteiger partial charge on any atom is -0.444 e. The fraction of sp³-hybridized carbons (Fsp3) is 0.565. The second-order valence-corrected chi connectivity index (χ2v) is 9.41. The molecule has 1 aliphatic carbocycles. The van der Waals surface area contributed by atoms with E-state index in [1.165, 1.54) is 0 Å². The molecule has 0 radical (unpaired) electrons. The standard InChI is InChI=1S/C23H32N4O5/c1-5-27(21(31)32-22(2,3)4)14-16-8-6-7-9-17(16)24-18(28)15-10-12-23(13-11-15)19(29)25-20(30)26-23/h6-9,15H,5,10-14H2,1-4H3,(H,24,28)(H2,25,26,29,30). The molecule has 3 rings (SSSR count). The van der Waals surface area contributed by atoms with Crippen LogP contribution in [0.4, 0.5) is 15.3 Å². The summed E-state index contributed by atoms with van der Waals surface area (Å²) in [6, 6.07) is 6.90. The van der Waals surface area contributed by atoms with Crippen molar-refractivity contribution < 1.29 is 23.9 Å². The van der Waals surface area contributed by atoms with E-state index >= 15 is 0 Å². The molecule has 1 saturated carbocycles. The van der Waals surface area contributed by atoms with Gasteiger partial charge in [0.05, 0.1) is 6.54 Å². The molecule has 2 aliphatic rings. The lowest BCUT2D eigenvalue weighted by molar-refractivity contribution is -0.128. The van der Waals surface area contributed by atoms with Crippen molar-refractivity contribution in [1.29, 1.82) is 0 Å². The van der Waals surface area contributed by atoms with Gasteiger partial charge in [-0.3, -0.25) is 14.9 Å². The number of nitrogens with zero attached hydrogens (tertiary/aromatic N) is 1. The number of rotatable bonds is 5. The molecule has 0 atom stereocenters. The maximum Gasteiger partial charge on any atom is 0.410 e. The Morgan fingerprint density at radius 1 is 1.19 bits per heavy atom. The van der Waals surface area contributed by atoms with Gasteiger partial charge in [0.1, 0.15) is 11.1 Å². The zero-order valence-corrected chi connectivity index (χ0v) is 19.1. The van der Waals surface area contributed by atoms with Crippen LogP contribution in [0.2, 0.25) is 0 Å². The van der Waals surface area contributed by atoms with Crippen LogP contribution in [0.25, 0.3) is 0 Å². The molecule has 5 amide bonds. The Kier molecular flexibility index (Phi) is 6.76. The van der Waals surface area contributed by atoms with Crippen LogP contribution in [-0.2, 0) is 20.9 Å². The maximum absolute atomic E-state index is 12.9. The lowest BCUT2D eigenvalue weighted by atomic mass is 9.76. The van der Waals surface area contributed by atoms with E-state index < -0.39 is 23.3 Å². The predicted molar refractivity (Wildman–Crippen MR) is 119 cm³/mol. The molecule has 1 aromatic rings. The van der Waals surface area contributed by atoms with Gasteiger partial charge in [-0.2, -0.15) is 0 Å². The molecule has 1 heterocycles. The third kappa shape index (κ3) is 5.38. The number of para-hydroxylation sites is 1. The van der Waals surface area contributed by atoms with Gasteiger partial charge in [-0.25, -0.2) is 9.59 Å². The first kappa shape index (κ1) is 23.6. The van der Waals surface area contributed by atoms with E-state index in [1.54, 1.807) is 4.90 Å². The fourth-order valence-corrected chi connectivity index (χ4v) is 4.11. The van der Waals surface area contributed by atoms with Crippen molar-refractivity contribution in [3.05, 3.63) is 29.8 Å². The molecule has 0 bridgehead atoms.